The minimum Gasteiger partial charge on any atom is -0.396 e. The zero-order valence-corrected chi connectivity index (χ0v) is 10.5. The van der Waals surface area contributed by atoms with Crippen molar-refractivity contribution in [3.8, 4) is 0 Å². The summed E-state index contributed by atoms with van der Waals surface area (Å²) in [7, 11) is 0. The Labute approximate surface area is 97.7 Å². The first-order valence-corrected chi connectivity index (χ1v) is 5.90. The average Bonchev–Trinajstić information content (AvgIpc) is 2.66. The van der Waals surface area contributed by atoms with Crippen LogP contribution >= 0.6 is 0 Å². The van der Waals surface area contributed by atoms with Gasteiger partial charge in [0.15, 0.2) is 0 Å². The Morgan fingerprint density at radius 1 is 1.50 bits per heavy atom. The van der Waals surface area contributed by atoms with Gasteiger partial charge in [0.05, 0.1) is 6.54 Å². The summed E-state index contributed by atoms with van der Waals surface area (Å²) in [6.45, 7) is 9.01. The lowest BCUT2D eigenvalue weighted by atomic mass is 9.95. The minimum absolute atomic E-state index is 0.0673. The van der Waals surface area contributed by atoms with Crippen LogP contribution in [0.1, 0.15) is 33.0 Å². The highest BCUT2D eigenvalue weighted by Crippen LogP contribution is 2.11. The van der Waals surface area contributed by atoms with Gasteiger partial charge in [0, 0.05) is 37.5 Å². The predicted octanol–water partition coefficient (Wildman–Crippen LogP) is 1.40. The largest absolute Gasteiger partial charge is 0.396 e. The standard InChI is InChI=1S/C12H23N3O/c1-4-6-15-7-5-14-11(15)8-13-9-12(2,3)10-16/h5,7,13,16H,4,6,8-10H2,1-3H3. The molecular weight excluding hydrogens is 202 g/mol. The summed E-state index contributed by atoms with van der Waals surface area (Å²) in [5.74, 6) is 1.07. The van der Waals surface area contributed by atoms with Gasteiger partial charge in [-0.3, -0.25) is 0 Å². The zero-order valence-electron chi connectivity index (χ0n) is 10.5. The van der Waals surface area contributed by atoms with Crippen LogP contribution in [0.3, 0.4) is 0 Å². The van der Waals surface area contributed by atoms with Crippen LogP contribution in [0.25, 0.3) is 0 Å². The van der Waals surface area contributed by atoms with E-state index in [1.54, 1.807) is 0 Å². The van der Waals surface area contributed by atoms with Gasteiger partial charge in [0.1, 0.15) is 5.82 Å². The Morgan fingerprint density at radius 3 is 2.88 bits per heavy atom. The van der Waals surface area contributed by atoms with E-state index in [0.717, 1.165) is 31.9 Å². The minimum atomic E-state index is -0.0673. The number of hydrogen-bond donors (Lipinski definition) is 2. The number of rotatable bonds is 7. The van der Waals surface area contributed by atoms with E-state index in [9.17, 15) is 0 Å². The molecular formula is C12H23N3O. The number of nitrogens with zero attached hydrogens (tertiary/aromatic N) is 2. The van der Waals surface area contributed by atoms with Gasteiger partial charge in [0.25, 0.3) is 0 Å². The number of aliphatic hydroxyl groups excluding tert-OH is 1. The molecule has 0 atom stereocenters. The van der Waals surface area contributed by atoms with Crippen LogP contribution in [0.5, 0.6) is 0 Å². The molecule has 4 heteroatoms. The first-order valence-electron chi connectivity index (χ1n) is 5.90. The van der Waals surface area contributed by atoms with Crippen molar-refractivity contribution in [2.24, 2.45) is 5.41 Å². The molecule has 0 aromatic carbocycles. The van der Waals surface area contributed by atoms with E-state index in [2.05, 4.69) is 21.8 Å². The second-order valence-electron chi connectivity index (χ2n) is 4.96. The fraction of sp³-hybridized carbons (Fsp3) is 0.750. The Kier molecular flexibility index (Phi) is 4.96. The highest BCUT2D eigenvalue weighted by atomic mass is 16.3. The van der Waals surface area contributed by atoms with Crippen molar-refractivity contribution in [1.29, 1.82) is 0 Å². The first kappa shape index (κ1) is 13.2. The van der Waals surface area contributed by atoms with E-state index in [4.69, 9.17) is 5.11 Å². The molecule has 0 unspecified atom stereocenters. The zero-order chi connectivity index (χ0) is 12.0. The maximum Gasteiger partial charge on any atom is 0.122 e. The molecule has 2 N–H and O–H groups in total. The molecule has 0 bridgehead atoms. The summed E-state index contributed by atoms with van der Waals surface area (Å²) in [5, 5.41) is 12.5. The number of aromatic nitrogens is 2. The molecule has 0 aliphatic heterocycles. The first-order chi connectivity index (χ1) is 7.59. The fourth-order valence-corrected chi connectivity index (χ4v) is 1.52. The molecule has 4 nitrogen and oxygen atoms in total. The van der Waals surface area contributed by atoms with Crippen molar-refractivity contribution in [1.82, 2.24) is 14.9 Å². The van der Waals surface area contributed by atoms with Gasteiger partial charge in [-0.1, -0.05) is 20.8 Å². The Morgan fingerprint density at radius 2 is 2.25 bits per heavy atom. The molecule has 92 valence electrons. The summed E-state index contributed by atoms with van der Waals surface area (Å²) in [6, 6.07) is 0. The van der Waals surface area contributed by atoms with Crippen LogP contribution in [-0.4, -0.2) is 27.8 Å². The molecule has 0 fully saturated rings. The maximum absolute atomic E-state index is 9.13. The van der Waals surface area contributed by atoms with Crippen LogP contribution < -0.4 is 5.32 Å². The number of nitrogens with one attached hydrogen (secondary N) is 1. The molecule has 0 saturated carbocycles. The van der Waals surface area contributed by atoms with Crippen molar-refractivity contribution >= 4 is 0 Å². The van der Waals surface area contributed by atoms with Crippen molar-refractivity contribution < 1.29 is 5.11 Å². The lowest BCUT2D eigenvalue weighted by Gasteiger charge is -2.21. The number of imidazole rings is 1. The number of aliphatic hydroxyl groups is 1. The fourth-order valence-electron chi connectivity index (χ4n) is 1.52. The monoisotopic (exact) mass is 225 g/mol. The smallest absolute Gasteiger partial charge is 0.122 e. The lowest BCUT2D eigenvalue weighted by Crippen LogP contribution is -2.32. The molecule has 1 aromatic heterocycles. The number of hydrogen-bond acceptors (Lipinski definition) is 3. The third-order valence-corrected chi connectivity index (χ3v) is 2.58. The summed E-state index contributed by atoms with van der Waals surface area (Å²) < 4.78 is 2.17. The van der Waals surface area contributed by atoms with Crippen LogP contribution in [0.15, 0.2) is 12.4 Å². The summed E-state index contributed by atoms with van der Waals surface area (Å²) in [5.41, 5.74) is -0.0673. The molecule has 1 heterocycles. The highest BCUT2D eigenvalue weighted by Gasteiger charge is 2.15. The van der Waals surface area contributed by atoms with Crippen LogP contribution in [-0.2, 0) is 13.1 Å². The van der Waals surface area contributed by atoms with Gasteiger partial charge < -0.3 is 15.0 Å². The van der Waals surface area contributed by atoms with E-state index in [0.29, 0.717) is 0 Å². The molecule has 0 radical (unpaired) electrons. The lowest BCUT2D eigenvalue weighted by molar-refractivity contribution is 0.156. The van der Waals surface area contributed by atoms with Gasteiger partial charge in [-0.05, 0) is 6.42 Å². The third kappa shape index (κ3) is 3.94. The van der Waals surface area contributed by atoms with Crippen molar-refractivity contribution in [2.45, 2.75) is 40.3 Å². The van der Waals surface area contributed by atoms with E-state index in [-0.39, 0.29) is 12.0 Å². The van der Waals surface area contributed by atoms with E-state index >= 15 is 0 Å². The Balaban J connectivity index is 2.39. The van der Waals surface area contributed by atoms with E-state index in [1.165, 1.54) is 0 Å². The summed E-state index contributed by atoms with van der Waals surface area (Å²) in [6.07, 6.45) is 4.97. The van der Waals surface area contributed by atoms with Gasteiger partial charge >= 0.3 is 0 Å². The third-order valence-electron chi connectivity index (χ3n) is 2.58. The van der Waals surface area contributed by atoms with Crippen molar-refractivity contribution in [3.05, 3.63) is 18.2 Å². The molecule has 0 aliphatic rings. The van der Waals surface area contributed by atoms with Gasteiger partial charge in [0.2, 0.25) is 0 Å². The van der Waals surface area contributed by atoms with Crippen LogP contribution in [0.2, 0.25) is 0 Å². The second-order valence-corrected chi connectivity index (χ2v) is 4.96. The normalized spacial score (nSPS) is 12.0. The summed E-state index contributed by atoms with van der Waals surface area (Å²) in [4.78, 5) is 4.32. The van der Waals surface area contributed by atoms with Gasteiger partial charge in [-0.2, -0.15) is 0 Å². The molecule has 16 heavy (non-hydrogen) atoms. The van der Waals surface area contributed by atoms with Crippen molar-refractivity contribution in [3.63, 3.8) is 0 Å². The number of aryl methyl sites for hydroxylation is 1. The molecule has 0 spiro atoms. The van der Waals surface area contributed by atoms with Crippen molar-refractivity contribution in [2.75, 3.05) is 13.2 Å². The molecule has 1 rings (SSSR count). The summed E-state index contributed by atoms with van der Waals surface area (Å²) >= 11 is 0. The average molecular weight is 225 g/mol. The Hall–Kier alpha value is -0.870. The molecule has 0 aliphatic carbocycles. The van der Waals surface area contributed by atoms with Gasteiger partial charge in [-0.15, -0.1) is 0 Å². The molecule has 0 amide bonds. The van der Waals surface area contributed by atoms with Crippen LogP contribution in [0.4, 0.5) is 0 Å². The van der Waals surface area contributed by atoms with Gasteiger partial charge in [-0.25, -0.2) is 4.98 Å². The van der Waals surface area contributed by atoms with E-state index in [1.807, 2.05) is 26.2 Å². The van der Waals surface area contributed by atoms with Crippen LogP contribution in [0, 0.1) is 5.41 Å². The maximum atomic E-state index is 9.13. The quantitative estimate of drug-likeness (QED) is 0.737. The van der Waals surface area contributed by atoms with E-state index < -0.39 is 0 Å². The second kappa shape index (κ2) is 6.01. The Bertz CT molecular complexity index is 307. The SMILES string of the molecule is CCCn1ccnc1CNCC(C)(C)CO. The molecule has 1 aromatic rings. The highest BCUT2D eigenvalue weighted by molar-refractivity contribution is 4.92. The topological polar surface area (TPSA) is 50.1 Å². The predicted molar refractivity (Wildman–Crippen MR) is 65.1 cm³/mol. The molecule has 0 saturated heterocycles.